The van der Waals surface area contributed by atoms with Gasteiger partial charge in [-0.2, -0.15) is 0 Å². The Hall–Kier alpha value is -2.41. The lowest BCUT2D eigenvalue weighted by Gasteiger charge is -2.19. The summed E-state index contributed by atoms with van der Waals surface area (Å²) in [6, 6.07) is 5.10. The lowest BCUT2D eigenvalue weighted by Crippen LogP contribution is -2.36. The number of ether oxygens (including phenoxy) is 2. The number of nitrogens with zero attached hydrogens (tertiary/aromatic N) is 2. The van der Waals surface area contributed by atoms with Crippen LogP contribution in [0.5, 0.6) is 5.88 Å². The quantitative estimate of drug-likeness (QED) is 0.914. The van der Waals surface area contributed by atoms with E-state index in [1.165, 1.54) is 13.2 Å². The minimum Gasteiger partial charge on any atom is -0.479 e. The molecule has 0 radical (unpaired) electrons. The molecular weight excluding hydrogens is 274 g/mol. The van der Waals surface area contributed by atoms with E-state index >= 15 is 0 Å². The second kappa shape index (κ2) is 5.92. The summed E-state index contributed by atoms with van der Waals surface area (Å²) in [7, 11) is 1.46. The summed E-state index contributed by atoms with van der Waals surface area (Å²) in [5.41, 5.74) is 0.940. The van der Waals surface area contributed by atoms with Crippen molar-refractivity contribution in [1.29, 1.82) is 0 Å². The fourth-order valence-corrected chi connectivity index (χ4v) is 2.31. The van der Waals surface area contributed by atoms with Crippen LogP contribution in [0.3, 0.4) is 0 Å². The first-order valence-corrected chi connectivity index (χ1v) is 6.61. The summed E-state index contributed by atoms with van der Waals surface area (Å²) >= 11 is 0. The molecule has 0 aliphatic carbocycles. The van der Waals surface area contributed by atoms with Crippen molar-refractivity contribution in [2.75, 3.05) is 13.7 Å². The zero-order valence-corrected chi connectivity index (χ0v) is 11.5. The predicted octanol–water partition coefficient (Wildman–Crippen LogP) is 1.34. The van der Waals surface area contributed by atoms with Crippen molar-refractivity contribution >= 4 is 5.91 Å². The molecule has 1 fully saturated rings. The molecule has 2 aromatic rings. The van der Waals surface area contributed by atoms with Crippen molar-refractivity contribution in [3.8, 4) is 5.88 Å². The third kappa shape index (κ3) is 2.87. The van der Waals surface area contributed by atoms with Crippen LogP contribution in [0.25, 0.3) is 0 Å². The molecule has 2 atom stereocenters. The van der Waals surface area contributed by atoms with Gasteiger partial charge < -0.3 is 19.3 Å². The molecular formula is C14H15N3O4. The van der Waals surface area contributed by atoms with Crippen molar-refractivity contribution in [3.63, 3.8) is 0 Å². The molecule has 1 saturated heterocycles. The highest BCUT2D eigenvalue weighted by Gasteiger charge is 2.32. The van der Waals surface area contributed by atoms with Gasteiger partial charge in [-0.15, -0.1) is 0 Å². The molecule has 0 bridgehead atoms. The molecule has 21 heavy (non-hydrogen) atoms. The van der Waals surface area contributed by atoms with Gasteiger partial charge in [0.05, 0.1) is 19.2 Å². The fourth-order valence-electron chi connectivity index (χ4n) is 2.31. The van der Waals surface area contributed by atoms with Crippen LogP contribution in [0, 0.1) is 0 Å². The highest BCUT2D eigenvalue weighted by Crippen LogP contribution is 2.28. The predicted molar refractivity (Wildman–Crippen MR) is 71.9 cm³/mol. The molecule has 0 unspecified atom stereocenters. The largest absolute Gasteiger partial charge is 0.479 e. The van der Waals surface area contributed by atoms with Gasteiger partial charge in [-0.25, -0.2) is 0 Å². The normalized spacial score (nSPS) is 21.2. The number of methoxy groups -OCH3 is 1. The summed E-state index contributed by atoms with van der Waals surface area (Å²) in [6.07, 6.45) is 3.98. The number of aromatic nitrogens is 2. The molecule has 1 aliphatic heterocycles. The summed E-state index contributed by atoms with van der Waals surface area (Å²) in [6.45, 7) is 0.588. The molecule has 3 rings (SSSR count). The first-order chi connectivity index (χ1) is 10.3. The van der Waals surface area contributed by atoms with Gasteiger partial charge in [0.25, 0.3) is 11.8 Å². The Balaban J connectivity index is 1.70. The number of carbonyl (C=O) groups is 1. The van der Waals surface area contributed by atoms with Gasteiger partial charge in [-0.3, -0.25) is 9.78 Å². The van der Waals surface area contributed by atoms with Crippen LogP contribution >= 0.6 is 0 Å². The van der Waals surface area contributed by atoms with Crippen LogP contribution in [0.2, 0.25) is 0 Å². The maximum atomic E-state index is 12.1. The number of amides is 1. The molecule has 110 valence electrons. The minimum absolute atomic E-state index is 0.115. The molecule has 0 aromatic carbocycles. The number of hydrogen-bond donors (Lipinski definition) is 1. The van der Waals surface area contributed by atoms with Crippen LogP contribution in [0.1, 0.15) is 28.6 Å². The third-order valence-corrected chi connectivity index (χ3v) is 3.34. The number of pyridine rings is 1. The molecule has 1 amide bonds. The van der Waals surface area contributed by atoms with Gasteiger partial charge in [0, 0.05) is 24.6 Å². The zero-order chi connectivity index (χ0) is 14.7. The maximum absolute atomic E-state index is 12.1. The molecule has 3 heterocycles. The average molecular weight is 289 g/mol. The van der Waals surface area contributed by atoms with E-state index in [-0.39, 0.29) is 29.7 Å². The van der Waals surface area contributed by atoms with Crippen molar-refractivity contribution in [2.24, 2.45) is 0 Å². The second-order valence-corrected chi connectivity index (χ2v) is 4.68. The molecule has 1 N–H and O–H groups in total. The van der Waals surface area contributed by atoms with Crippen LogP contribution in [-0.2, 0) is 4.74 Å². The van der Waals surface area contributed by atoms with Crippen LogP contribution < -0.4 is 10.1 Å². The van der Waals surface area contributed by atoms with Gasteiger partial charge >= 0.3 is 0 Å². The molecule has 2 aromatic heterocycles. The standard InChI is InChI=1S/C14H15N3O4/c1-19-12-7-11(21-17-12)14(18)16-10-4-6-20-13(10)9-3-2-5-15-8-9/h2-3,5,7-8,10,13H,4,6H2,1H3,(H,16,18)/t10-,13+/m0/s1. The number of rotatable bonds is 4. The third-order valence-electron chi connectivity index (χ3n) is 3.34. The van der Waals surface area contributed by atoms with E-state index in [2.05, 4.69) is 15.5 Å². The first kappa shape index (κ1) is 13.6. The van der Waals surface area contributed by atoms with E-state index in [9.17, 15) is 4.79 Å². The highest BCUT2D eigenvalue weighted by atomic mass is 16.5. The Morgan fingerprint density at radius 2 is 2.43 bits per heavy atom. The van der Waals surface area contributed by atoms with Gasteiger partial charge in [-0.1, -0.05) is 6.07 Å². The number of carbonyl (C=O) groups excluding carboxylic acids is 1. The van der Waals surface area contributed by atoms with Crippen molar-refractivity contribution in [2.45, 2.75) is 18.6 Å². The second-order valence-electron chi connectivity index (χ2n) is 4.68. The highest BCUT2D eigenvalue weighted by molar-refractivity contribution is 5.91. The minimum atomic E-state index is -0.338. The molecule has 1 aliphatic rings. The monoisotopic (exact) mass is 289 g/mol. The van der Waals surface area contributed by atoms with E-state index < -0.39 is 0 Å². The van der Waals surface area contributed by atoms with Gasteiger partial charge in [0.15, 0.2) is 0 Å². The zero-order valence-electron chi connectivity index (χ0n) is 11.5. The Morgan fingerprint density at radius 3 is 3.14 bits per heavy atom. The van der Waals surface area contributed by atoms with E-state index in [0.29, 0.717) is 6.61 Å². The average Bonchev–Trinajstić information content (AvgIpc) is 3.17. The van der Waals surface area contributed by atoms with Crippen molar-refractivity contribution in [1.82, 2.24) is 15.5 Å². The summed E-state index contributed by atoms with van der Waals surface area (Å²) in [4.78, 5) is 16.2. The Kier molecular flexibility index (Phi) is 3.83. The van der Waals surface area contributed by atoms with Gasteiger partial charge in [0.1, 0.15) is 6.10 Å². The SMILES string of the molecule is COc1cc(C(=O)N[C@H]2CCO[C@@H]2c2cccnc2)on1. The molecule has 7 heteroatoms. The van der Waals surface area contributed by atoms with E-state index in [1.54, 1.807) is 12.4 Å². The van der Waals surface area contributed by atoms with Crippen molar-refractivity contribution < 1.29 is 18.8 Å². The van der Waals surface area contributed by atoms with E-state index in [1.807, 2.05) is 12.1 Å². The van der Waals surface area contributed by atoms with Crippen LogP contribution in [-0.4, -0.2) is 35.8 Å². The summed E-state index contributed by atoms with van der Waals surface area (Å²) < 4.78 is 15.5. The van der Waals surface area contributed by atoms with E-state index in [4.69, 9.17) is 14.0 Å². The molecule has 7 nitrogen and oxygen atoms in total. The van der Waals surface area contributed by atoms with E-state index in [0.717, 1.165) is 12.0 Å². The topological polar surface area (TPSA) is 86.5 Å². The van der Waals surface area contributed by atoms with Crippen LogP contribution in [0.15, 0.2) is 35.1 Å². The van der Waals surface area contributed by atoms with Gasteiger partial charge in [-0.05, 0) is 17.6 Å². The lowest BCUT2D eigenvalue weighted by atomic mass is 10.0. The fraction of sp³-hybridized carbons (Fsp3) is 0.357. The molecule has 0 spiro atoms. The Bertz CT molecular complexity index is 614. The summed E-state index contributed by atoms with van der Waals surface area (Å²) in [5.74, 6) is 0.0468. The maximum Gasteiger partial charge on any atom is 0.290 e. The Labute approximate surface area is 121 Å². The number of nitrogens with one attached hydrogen (secondary N) is 1. The smallest absolute Gasteiger partial charge is 0.290 e. The lowest BCUT2D eigenvalue weighted by molar-refractivity contribution is 0.0794. The van der Waals surface area contributed by atoms with Crippen LogP contribution in [0.4, 0.5) is 0 Å². The summed E-state index contributed by atoms with van der Waals surface area (Å²) in [5, 5.41) is 6.51. The van der Waals surface area contributed by atoms with Crippen molar-refractivity contribution in [3.05, 3.63) is 41.9 Å². The molecule has 0 saturated carbocycles. The first-order valence-electron chi connectivity index (χ1n) is 6.61. The Morgan fingerprint density at radius 1 is 1.52 bits per heavy atom. The number of hydrogen-bond acceptors (Lipinski definition) is 6. The van der Waals surface area contributed by atoms with Gasteiger partial charge in [0.2, 0.25) is 5.76 Å².